The molecule has 0 saturated heterocycles. The number of aromatic carboxylic acids is 1. The second kappa shape index (κ2) is 4.17. The van der Waals surface area contributed by atoms with Crippen LogP contribution in [-0.4, -0.2) is 21.0 Å². The molecule has 0 radical (unpaired) electrons. The minimum absolute atomic E-state index is 0.0838. The second-order valence-electron chi connectivity index (χ2n) is 3.42. The van der Waals surface area contributed by atoms with Gasteiger partial charge in [0, 0.05) is 11.6 Å². The van der Waals surface area contributed by atoms with Crippen molar-refractivity contribution in [2.24, 2.45) is 0 Å². The number of rotatable bonds is 3. The van der Waals surface area contributed by atoms with Crippen molar-refractivity contribution >= 4 is 5.97 Å². The molecule has 0 aromatic carbocycles. The van der Waals surface area contributed by atoms with Crippen LogP contribution in [0.3, 0.4) is 0 Å². The summed E-state index contributed by atoms with van der Waals surface area (Å²) in [4.78, 5) is 19.0. The Balaban J connectivity index is 3.20. The first kappa shape index (κ1) is 10.6. The summed E-state index contributed by atoms with van der Waals surface area (Å²) >= 11 is 0. The molecule has 0 amide bonds. The first-order valence-electron chi connectivity index (χ1n) is 4.65. The smallest absolute Gasteiger partial charge is 0.354 e. The summed E-state index contributed by atoms with van der Waals surface area (Å²) in [6, 6.07) is 1.52. The van der Waals surface area contributed by atoms with Crippen molar-refractivity contribution in [2.75, 3.05) is 0 Å². The minimum Gasteiger partial charge on any atom is -0.477 e. The van der Waals surface area contributed by atoms with Crippen molar-refractivity contribution < 1.29 is 9.90 Å². The fraction of sp³-hybridized carbons (Fsp3) is 0.500. The molecule has 4 heteroatoms. The monoisotopic (exact) mass is 194 g/mol. The van der Waals surface area contributed by atoms with Gasteiger partial charge in [-0.05, 0) is 12.5 Å². The molecule has 0 saturated carbocycles. The van der Waals surface area contributed by atoms with Crippen molar-refractivity contribution in [1.82, 2.24) is 9.97 Å². The summed E-state index contributed by atoms with van der Waals surface area (Å²) < 4.78 is 0. The average molecular weight is 194 g/mol. The average Bonchev–Trinajstić information content (AvgIpc) is 2.16. The van der Waals surface area contributed by atoms with E-state index in [0.717, 1.165) is 12.1 Å². The van der Waals surface area contributed by atoms with Crippen LogP contribution < -0.4 is 0 Å². The topological polar surface area (TPSA) is 63.1 Å². The number of nitrogens with zero attached hydrogens (tertiary/aromatic N) is 2. The summed E-state index contributed by atoms with van der Waals surface area (Å²) in [6.07, 6.45) is 0.725. The Bertz CT molecular complexity index is 348. The molecular weight excluding hydrogens is 180 g/mol. The number of hydrogen-bond acceptors (Lipinski definition) is 3. The Labute approximate surface area is 83.0 Å². The molecule has 76 valence electrons. The van der Waals surface area contributed by atoms with E-state index in [2.05, 4.69) is 9.97 Å². The number of aryl methyl sites for hydroxylation is 1. The van der Waals surface area contributed by atoms with Crippen LogP contribution in [0.5, 0.6) is 0 Å². The van der Waals surface area contributed by atoms with E-state index in [0.29, 0.717) is 5.82 Å². The molecule has 0 atom stereocenters. The highest BCUT2D eigenvalue weighted by atomic mass is 16.4. The van der Waals surface area contributed by atoms with Gasteiger partial charge in [-0.15, -0.1) is 0 Å². The van der Waals surface area contributed by atoms with Gasteiger partial charge >= 0.3 is 5.97 Å². The highest BCUT2D eigenvalue weighted by Gasteiger charge is 2.11. The lowest BCUT2D eigenvalue weighted by molar-refractivity contribution is 0.0689. The van der Waals surface area contributed by atoms with Crippen LogP contribution in [0.15, 0.2) is 6.07 Å². The van der Waals surface area contributed by atoms with E-state index in [1.165, 1.54) is 6.07 Å². The Morgan fingerprint density at radius 3 is 2.57 bits per heavy atom. The molecule has 1 aromatic rings. The molecule has 1 heterocycles. The summed E-state index contributed by atoms with van der Waals surface area (Å²) in [5, 5.41) is 8.82. The van der Waals surface area contributed by atoms with E-state index in [4.69, 9.17) is 5.11 Å². The normalized spacial score (nSPS) is 10.6. The van der Waals surface area contributed by atoms with Gasteiger partial charge in [0.25, 0.3) is 0 Å². The molecule has 1 aromatic heterocycles. The first-order valence-corrected chi connectivity index (χ1v) is 4.65. The van der Waals surface area contributed by atoms with Gasteiger partial charge in [0.05, 0.1) is 0 Å². The lowest BCUT2D eigenvalue weighted by Crippen LogP contribution is -2.08. The van der Waals surface area contributed by atoms with Crippen LogP contribution in [0.2, 0.25) is 0 Å². The molecule has 0 fully saturated rings. The fourth-order valence-electron chi connectivity index (χ4n) is 1.07. The largest absolute Gasteiger partial charge is 0.477 e. The molecule has 14 heavy (non-hydrogen) atoms. The van der Waals surface area contributed by atoms with E-state index in [1.54, 1.807) is 0 Å². The summed E-state index contributed by atoms with van der Waals surface area (Å²) in [7, 11) is 0. The van der Waals surface area contributed by atoms with Gasteiger partial charge in [-0.2, -0.15) is 0 Å². The summed E-state index contributed by atoms with van der Waals surface area (Å²) in [5.74, 6) is -0.245. The van der Waals surface area contributed by atoms with Crippen molar-refractivity contribution in [2.45, 2.75) is 33.1 Å². The zero-order valence-corrected chi connectivity index (χ0v) is 8.61. The standard InChI is InChI=1S/C10H14N2O2/c1-4-7-5-8(10(13)14)12-9(11-7)6(2)3/h5-6H,4H2,1-3H3,(H,13,14). The van der Waals surface area contributed by atoms with Gasteiger partial charge < -0.3 is 5.11 Å². The molecular formula is C10H14N2O2. The molecule has 0 aliphatic rings. The molecule has 0 unspecified atom stereocenters. The van der Waals surface area contributed by atoms with Gasteiger partial charge in [0.1, 0.15) is 5.82 Å². The summed E-state index contributed by atoms with van der Waals surface area (Å²) in [5.41, 5.74) is 0.863. The van der Waals surface area contributed by atoms with Gasteiger partial charge in [-0.25, -0.2) is 14.8 Å². The maximum atomic E-state index is 10.8. The van der Waals surface area contributed by atoms with Crippen molar-refractivity contribution in [3.05, 3.63) is 23.3 Å². The van der Waals surface area contributed by atoms with Crippen LogP contribution >= 0.6 is 0 Å². The van der Waals surface area contributed by atoms with Crippen molar-refractivity contribution in [3.8, 4) is 0 Å². The van der Waals surface area contributed by atoms with Crippen molar-refractivity contribution in [3.63, 3.8) is 0 Å². The van der Waals surface area contributed by atoms with Gasteiger partial charge in [-0.3, -0.25) is 0 Å². The number of hydrogen-bond donors (Lipinski definition) is 1. The Morgan fingerprint density at radius 2 is 2.14 bits per heavy atom. The third kappa shape index (κ3) is 2.28. The predicted molar refractivity (Wildman–Crippen MR) is 52.5 cm³/mol. The zero-order valence-electron chi connectivity index (χ0n) is 8.61. The molecule has 1 N–H and O–H groups in total. The van der Waals surface area contributed by atoms with Gasteiger partial charge in [0.15, 0.2) is 5.69 Å². The van der Waals surface area contributed by atoms with E-state index in [9.17, 15) is 4.79 Å². The van der Waals surface area contributed by atoms with Crippen LogP contribution in [-0.2, 0) is 6.42 Å². The summed E-state index contributed by atoms with van der Waals surface area (Å²) in [6.45, 7) is 5.83. The van der Waals surface area contributed by atoms with E-state index in [1.807, 2.05) is 20.8 Å². The van der Waals surface area contributed by atoms with Crippen LogP contribution in [0.1, 0.15) is 48.7 Å². The van der Waals surface area contributed by atoms with Crippen LogP contribution in [0.25, 0.3) is 0 Å². The van der Waals surface area contributed by atoms with Crippen LogP contribution in [0, 0.1) is 0 Å². The highest BCUT2D eigenvalue weighted by molar-refractivity contribution is 5.85. The van der Waals surface area contributed by atoms with Gasteiger partial charge in [0.2, 0.25) is 0 Å². The van der Waals surface area contributed by atoms with Crippen molar-refractivity contribution in [1.29, 1.82) is 0 Å². The van der Waals surface area contributed by atoms with E-state index in [-0.39, 0.29) is 11.6 Å². The second-order valence-corrected chi connectivity index (χ2v) is 3.42. The first-order chi connectivity index (χ1) is 6.54. The SMILES string of the molecule is CCc1cc(C(=O)O)nc(C(C)C)n1. The number of carbonyl (C=O) groups is 1. The van der Waals surface area contributed by atoms with Gasteiger partial charge in [-0.1, -0.05) is 20.8 Å². The molecule has 1 rings (SSSR count). The quantitative estimate of drug-likeness (QED) is 0.797. The number of carboxylic acids is 1. The molecule has 4 nitrogen and oxygen atoms in total. The van der Waals surface area contributed by atoms with E-state index >= 15 is 0 Å². The maximum absolute atomic E-state index is 10.8. The third-order valence-corrected chi connectivity index (χ3v) is 1.89. The molecule has 0 aliphatic carbocycles. The lowest BCUT2D eigenvalue weighted by atomic mass is 10.2. The third-order valence-electron chi connectivity index (χ3n) is 1.89. The Kier molecular flexibility index (Phi) is 3.17. The predicted octanol–water partition coefficient (Wildman–Crippen LogP) is 1.86. The van der Waals surface area contributed by atoms with Crippen LogP contribution in [0.4, 0.5) is 0 Å². The molecule has 0 spiro atoms. The Morgan fingerprint density at radius 1 is 1.50 bits per heavy atom. The maximum Gasteiger partial charge on any atom is 0.354 e. The highest BCUT2D eigenvalue weighted by Crippen LogP contribution is 2.11. The minimum atomic E-state index is -0.996. The number of carboxylic acid groups (broad SMARTS) is 1. The molecule has 0 aliphatic heterocycles. The fourth-order valence-corrected chi connectivity index (χ4v) is 1.07. The van der Waals surface area contributed by atoms with E-state index < -0.39 is 5.97 Å². The zero-order chi connectivity index (χ0) is 10.7. The lowest BCUT2D eigenvalue weighted by Gasteiger charge is -2.06. The molecule has 0 bridgehead atoms. The number of aromatic nitrogens is 2. The Hall–Kier alpha value is -1.45.